The Labute approximate surface area is 419 Å². The molecule has 2 saturated heterocycles. The minimum atomic E-state index is -2.65. The van der Waals surface area contributed by atoms with E-state index in [9.17, 15) is 33.6 Å². The van der Waals surface area contributed by atoms with Crippen LogP contribution in [0.25, 0.3) is 0 Å². The first-order valence-corrected chi connectivity index (χ1v) is 24.7. The van der Waals surface area contributed by atoms with Crippen LogP contribution in [-0.4, -0.2) is 97.2 Å². The summed E-state index contributed by atoms with van der Waals surface area (Å²) in [4.78, 5) is 117. The smallest absolute Gasteiger partial charge is 0.375 e. The maximum absolute atomic E-state index is 14.5. The highest BCUT2D eigenvalue weighted by Gasteiger charge is 2.66. The maximum Gasteiger partial charge on any atom is 0.375 e. The van der Waals surface area contributed by atoms with Crippen molar-refractivity contribution >= 4 is 58.5 Å². The van der Waals surface area contributed by atoms with Crippen molar-refractivity contribution in [2.45, 2.75) is 135 Å². The van der Waals surface area contributed by atoms with Gasteiger partial charge in [-0.25, -0.2) is 19.4 Å². The summed E-state index contributed by atoms with van der Waals surface area (Å²) in [6.07, 6.45) is 0.423. The number of imide groups is 1. The summed E-state index contributed by atoms with van der Waals surface area (Å²) in [5.74, 6) is -8.91. The van der Waals surface area contributed by atoms with Crippen LogP contribution in [0.4, 0.5) is 0 Å². The van der Waals surface area contributed by atoms with E-state index in [1.54, 1.807) is 53.8 Å². The van der Waals surface area contributed by atoms with Gasteiger partial charge in [-0.15, -0.1) is 11.3 Å². The number of carbonyl (C=O) groups excluding carboxylic acids is 7. The van der Waals surface area contributed by atoms with E-state index in [2.05, 4.69) is 24.0 Å². The molecule has 5 aliphatic rings. The molecule has 3 aromatic carbocycles. The zero-order valence-corrected chi connectivity index (χ0v) is 42.3. The van der Waals surface area contributed by atoms with E-state index in [1.165, 1.54) is 23.5 Å². The van der Waals surface area contributed by atoms with Crippen LogP contribution in [0.3, 0.4) is 0 Å². The van der Waals surface area contributed by atoms with Crippen molar-refractivity contribution in [2.24, 2.45) is 16.5 Å². The van der Waals surface area contributed by atoms with Crippen molar-refractivity contribution in [3.63, 3.8) is 0 Å². The number of nitrogens with zero attached hydrogens (tertiary/aromatic N) is 4. The molecular formula is C53H56N4O14S. The molecule has 0 spiro atoms. The second-order valence-corrected chi connectivity index (χ2v) is 22.6. The molecule has 0 N–H and O–H groups in total. The molecule has 4 aromatic rings. The number of benzene rings is 3. The zero-order chi connectivity index (χ0) is 51.8. The number of oxime groups is 1. The highest BCUT2D eigenvalue weighted by Crippen LogP contribution is 2.51. The zero-order valence-electron chi connectivity index (χ0n) is 41.5. The molecule has 18 nitrogen and oxygen atoms in total. The number of thiazole rings is 1. The van der Waals surface area contributed by atoms with Crippen molar-refractivity contribution in [1.29, 1.82) is 0 Å². The van der Waals surface area contributed by atoms with Gasteiger partial charge in [0.25, 0.3) is 17.7 Å². The lowest BCUT2D eigenvalue weighted by Crippen LogP contribution is -2.57. The molecule has 1 saturated carbocycles. The predicted octanol–water partition coefficient (Wildman–Crippen LogP) is 7.52. The van der Waals surface area contributed by atoms with Gasteiger partial charge in [-0.2, -0.15) is 5.06 Å². The molecule has 5 heterocycles. The molecule has 1 aromatic heterocycles. The Balaban J connectivity index is 0.975. The number of fused-ring (bicyclic) bond motifs is 2. The molecule has 1 unspecified atom stereocenters. The highest BCUT2D eigenvalue weighted by atomic mass is 32.1. The average molecular weight is 1010 g/mol. The number of ether oxygens (including phenoxy) is 5. The van der Waals surface area contributed by atoms with Gasteiger partial charge in [-0.1, -0.05) is 79.7 Å². The van der Waals surface area contributed by atoms with Crippen LogP contribution in [0.1, 0.15) is 136 Å². The van der Waals surface area contributed by atoms with Crippen LogP contribution in [0, 0.1) is 18.3 Å². The van der Waals surface area contributed by atoms with Crippen LogP contribution in [0.5, 0.6) is 11.5 Å². The first-order chi connectivity index (χ1) is 33.8. The minimum Gasteiger partial charge on any atom is -0.457 e. The number of hydroxylamine groups is 2. The Morgan fingerprint density at radius 3 is 1.83 bits per heavy atom. The Morgan fingerprint density at radius 1 is 0.778 bits per heavy atom. The number of cyclic esters (lactones) is 1. The van der Waals surface area contributed by atoms with Gasteiger partial charge in [-0.05, 0) is 78.9 Å². The summed E-state index contributed by atoms with van der Waals surface area (Å²) < 4.78 is 30.4. The van der Waals surface area contributed by atoms with Gasteiger partial charge in [0, 0.05) is 35.8 Å². The van der Waals surface area contributed by atoms with Gasteiger partial charge in [0.1, 0.15) is 22.9 Å². The van der Waals surface area contributed by atoms with Gasteiger partial charge in [0.15, 0.2) is 23.0 Å². The summed E-state index contributed by atoms with van der Waals surface area (Å²) in [6.45, 7) is 15.4. The Hall–Kier alpha value is -6.99. The van der Waals surface area contributed by atoms with E-state index in [1.807, 2.05) is 60.7 Å². The van der Waals surface area contributed by atoms with Gasteiger partial charge >= 0.3 is 29.4 Å². The van der Waals surface area contributed by atoms with Crippen molar-refractivity contribution < 1.29 is 66.9 Å². The fourth-order valence-corrected chi connectivity index (χ4v) is 9.96. The molecule has 3 atom stereocenters. The third kappa shape index (κ3) is 9.12. The molecule has 0 radical (unpaired) electrons. The van der Waals surface area contributed by atoms with E-state index in [0.717, 1.165) is 0 Å². The van der Waals surface area contributed by atoms with Crippen molar-refractivity contribution in [2.75, 3.05) is 6.61 Å². The summed E-state index contributed by atoms with van der Waals surface area (Å²) >= 11 is 1.25. The summed E-state index contributed by atoms with van der Waals surface area (Å²) in [5, 5.41) is 7.07. The predicted molar refractivity (Wildman–Crippen MR) is 256 cm³/mol. The SMILES string of the molecule is Cc1nc(/C(=N/OC2(C(=O)OC(C)(C)C)CCC(C)(C)CC2)C(=O)C[C@H]2CON(C3(C(=O)OC(C)(C)C)C[C@H](N4C(=O)c5cc6c(cc5C4=O)OC(c4ccccc4)(c4ccccc4)O6)C(=O)O3)C2=O)cs1. The number of Topliss-reactive ketones (excluding diaryl/α,β-unsaturated/α-hetero) is 1. The average Bonchev–Trinajstić information content (AvgIpc) is 4.14. The second kappa shape index (κ2) is 17.9. The minimum absolute atomic E-state index is 0.0850. The largest absolute Gasteiger partial charge is 0.457 e. The van der Waals surface area contributed by atoms with Crippen LogP contribution >= 0.6 is 11.3 Å². The molecule has 4 aliphatic heterocycles. The number of ketones is 1. The van der Waals surface area contributed by atoms with Gasteiger partial charge in [0.2, 0.25) is 5.60 Å². The second-order valence-electron chi connectivity index (χ2n) is 21.5. The van der Waals surface area contributed by atoms with Crippen molar-refractivity contribution in [3.05, 3.63) is 111 Å². The topological polar surface area (TPSA) is 216 Å². The monoisotopic (exact) mass is 1000 g/mol. The molecule has 19 heteroatoms. The standard InChI is InChI=1S/C53H56N4O14S/c1-30-54-36(29-72-30)41(55-71-51(46(63)69-48(2,3)4)22-20-50(8,9)21-23-51)38(58)24-31-28-65-57(42(31)59)52(47(64)70-49(5,6)7)27-37(45(62)68-52)56-43(60)34-25-39-40(26-35(34)44(56)61)67-53(66-39,32-16-12-10-13-17-32)33-18-14-11-15-19-33/h10-19,25-26,29,31,37H,20-24,27-28H2,1-9H3/b55-41-/t31-,37-,52?/m0/s1. The molecule has 1 aliphatic carbocycles. The molecule has 9 rings (SSSR count). The van der Waals surface area contributed by atoms with Crippen molar-refractivity contribution in [3.8, 4) is 11.5 Å². The molecule has 72 heavy (non-hydrogen) atoms. The Morgan fingerprint density at radius 2 is 1.32 bits per heavy atom. The third-order valence-corrected chi connectivity index (χ3v) is 13.9. The lowest BCUT2D eigenvalue weighted by atomic mass is 9.71. The van der Waals surface area contributed by atoms with Crippen LogP contribution in [0.15, 0.2) is 83.3 Å². The van der Waals surface area contributed by atoms with E-state index in [4.69, 9.17) is 33.4 Å². The number of esters is 3. The molecule has 378 valence electrons. The molecule has 3 fully saturated rings. The normalized spacial score (nSPS) is 23.2. The first-order valence-electron chi connectivity index (χ1n) is 23.8. The number of hydrogen-bond donors (Lipinski definition) is 0. The third-order valence-electron chi connectivity index (χ3n) is 13.2. The Kier molecular flexibility index (Phi) is 12.5. The molecule has 3 amide bonds. The number of carbonyl (C=O) groups is 7. The number of rotatable bonds is 12. The lowest BCUT2D eigenvalue weighted by Gasteiger charge is -2.40. The maximum atomic E-state index is 14.5. The van der Waals surface area contributed by atoms with Crippen LogP contribution in [0.2, 0.25) is 0 Å². The highest BCUT2D eigenvalue weighted by molar-refractivity contribution is 7.09. The molecule has 0 bridgehead atoms. The van der Waals surface area contributed by atoms with Crippen LogP contribution < -0.4 is 9.47 Å². The summed E-state index contributed by atoms with van der Waals surface area (Å²) in [6, 6.07) is 19.3. The Bertz CT molecular complexity index is 2820. The van der Waals surface area contributed by atoms with E-state index < -0.39 is 101 Å². The van der Waals surface area contributed by atoms with Crippen LogP contribution in [-0.2, 0) is 53.6 Å². The van der Waals surface area contributed by atoms with Gasteiger partial charge in [-0.3, -0.25) is 28.9 Å². The fourth-order valence-electron chi connectivity index (χ4n) is 9.36. The van der Waals surface area contributed by atoms with E-state index in [-0.39, 0.29) is 52.3 Å². The summed E-state index contributed by atoms with van der Waals surface area (Å²) in [7, 11) is 0. The number of aryl methyl sites for hydroxylation is 1. The first kappa shape index (κ1) is 50.0. The quantitative estimate of drug-likeness (QED) is 0.0441. The number of amides is 3. The fraction of sp³-hybridized carbons (Fsp3) is 0.453. The van der Waals surface area contributed by atoms with Gasteiger partial charge < -0.3 is 28.5 Å². The lowest BCUT2D eigenvalue weighted by molar-refractivity contribution is -0.263. The number of aromatic nitrogens is 1. The van der Waals surface area contributed by atoms with Gasteiger partial charge in [0.05, 0.1) is 35.1 Å². The molecular weight excluding hydrogens is 949 g/mol. The number of hydrogen-bond acceptors (Lipinski definition) is 17. The van der Waals surface area contributed by atoms with E-state index in [0.29, 0.717) is 38.9 Å². The summed E-state index contributed by atoms with van der Waals surface area (Å²) in [5.41, 5.74) is -5.31. The van der Waals surface area contributed by atoms with Crippen molar-refractivity contribution in [1.82, 2.24) is 14.9 Å². The van der Waals surface area contributed by atoms with E-state index >= 15 is 0 Å².